The standard InChI is InChI=1S/C19H25N3O4/c1-12(2)17(22-19(24)26-13(3)4)18(23)21-14(5)11-25-16-8-6-15(10-20)7-9-16/h6-9,12,14,17H,3,11H2,1-2,4-5H3,(H,21,23)(H,22,24)/t14?,17-/m0/s1. The zero-order valence-electron chi connectivity index (χ0n) is 15.5. The molecule has 2 N–H and O–H groups in total. The molecule has 0 saturated heterocycles. The van der Waals surface area contributed by atoms with Gasteiger partial charge in [-0.25, -0.2) is 4.79 Å². The Hall–Kier alpha value is -3.01. The van der Waals surface area contributed by atoms with Crippen LogP contribution in [-0.2, 0) is 9.53 Å². The predicted octanol–water partition coefficient (Wildman–Crippen LogP) is 2.73. The quantitative estimate of drug-likeness (QED) is 0.695. The van der Waals surface area contributed by atoms with Crippen molar-refractivity contribution in [2.45, 2.75) is 39.8 Å². The Balaban J connectivity index is 2.54. The first-order chi connectivity index (χ1) is 12.2. The lowest BCUT2D eigenvalue weighted by Gasteiger charge is -2.23. The van der Waals surface area contributed by atoms with E-state index in [4.69, 9.17) is 14.7 Å². The Morgan fingerprint density at radius 3 is 2.31 bits per heavy atom. The summed E-state index contributed by atoms with van der Waals surface area (Å²) in [7, 11) is 0. The van der Waals surface area contributed by atoms with Crippen molar-refractivity contribution in [2.24, 2.45) is 5.92 Å². The lowest BCUT2D eigenvalue weighted by atomic mass is 10.0. The highest BCUT2D eigenvalue weighted by Gasteiger charge is 2.26. The molecule has 1 unspecified atom stereocenters. The third-order valence-corrected chi connectivity index (χ3v) is 3.36. The molecule has 0 radical (unpaired) electrons. The average Bonchev–Trinajstić information content (AvgIpc) is 2.57. The number of nitrogens with zero attached hydrogens (tertiary/aromatic N) is 1. The van der Waals surface area contributed by atoms with Crippen molar-refractivity contribution in [1.29, 1.82) is 5.26 Å². The summed E-state index contributed by atoms with van der Waals surface area (Å²) in [5.74, 6) is 0.400. The number of nitrogens with one attached hydrogen (secondary N) is 2. The van der Waals surface area contributed by atoms with Gasteiger partial charge in [-0.05, 0) is 44.0 Å². The molecule has 0 aliphatic carbocycles. The zero-order valence-corrected chi connectivity index (χ0v) is 15.5. The second kappa shape index (κ2) is 10.1. The highest BCUT2D eigenvalue weighted by atomic mass is 16.6. The molecule has 0 aromatic heterocycles. The fourth-order valence-corrected chi connectivity index (χ4v) is 2.07. The highest BCUT2D eigenvalue weighted by molar-refractivity contribution is 5.86. The van der Waals surface area contributed by atoms with Gasteiger partial charge in [0.1, 0.15) is 18.4 Å². The average molecular weight is 359 g/mol. The molecule has 140 valence electrons. The molecule has 2 amide bonds. The molecule has 26 heavy (non-hydrogen) atoms. The summed E-state index contributed by atoms with van der Waals surface area (Å²) < 4.78 is 10.4. The van der Waals surface area contributed by atoms with E-state index in [2.05, 4.69) is 17.2 Å². The Morgan fingerprint density at radius 2 is 1.81 bits per heavy atom. The molecular weight excluding hydrogens is 334 g/mol. The van der Waals surface area contributed by atoms with Gasteiger partial charge in [0.15, 0.2) is 0 Å². The van der Waals surface area contributed by atoms with Crippen molar-refractivity contribution in [3.05, 3.63) is 42.2 Å². The van der Waals surface area contributed by atoms with Gasteiger partial charge in [0.05, 0.1) is 23.4 Å². The smallest absolute Gasteiger partial charge is 0.412 e. The van der Waals surface area contributed by atoms with E-state index in [0.717, 1.165) is 0 Å². The number of nitriles is 1. The maximum Gasteiger partial charge on any atom is 0.412 e. The second-order valence-electron chi connectivity index (χ2n) is 6.31. The number of carbonyl (C=O) groups is 2. The van der Waals surface area contributed by atoms with Gasteiger partial charge >= 0.3 is 6.09 Å². The number of ether oxygens (including phenoxy) is 2. The lowest BCUT2D eigenvalue weighted by molar-refractivity contribution is -0.124. The number of carbonyl (C=O) groups excluding carboxylic acids is 2. The first kappa shape index (κ1) is 21.0. The van der Waals surface area contributed by atoms with Crippen molar-refractivity contribution in [2.75, 3.05) is 6.61 Å². The minimum Gasteiger partial charge on any atom is -0.491 e. The van der Waals surface area contributed by atoms with Crippen LogP contribution < -0.4 is 15.4 Å². The molecule has 0 heterocycles. The van der Waals surface area contributed by atoms with E-state index < -0.39 is 12.1 Å². The van der Waals surface area contributed by atoms with Gasteiger partial charge in [0.25, 0.3) is 0 Å². The summed E-state index contributed by atoms with van der Waals surface area (Å²) in [6.45, 7) is 10.7. The number of allylic oxidation sites excluding steroid dienone is 1. The summed E-state index contributed by atoms with van der Waals surface area (Å²) in [6.07, 6.45) is -0.715. The minimum atomic E-state index is -0.737. The third-order valence-electron chi connectivity index (χ3n) is 3.36. The predicted molar refractivity (Wildman–Crippen MR) is 97.3 cm³/mol. The Bertz CT molecular complexity index is 677. The second-order valence-corrected chi connectivity index (χ2v) is 6.31. The van der Waals surface area contributed by atoms with Crippen LogP contribution in [0.4, 0.5) is 4.79 Å². The van der Waals surface area contributed by atoms with Crippen LogP contribution in [0.25, 0.3) is 0 Å². The Kier molecular flexibility index (Phi) is 8.16. The number of amides is 2. The maximum atomic E-state index is 12.4. The van der Waals surface area contributed by atoms with Crippen molar-refractivity contribution < 1.29 is 19.1 Å². The Labute approximate surface area is 154 Å². The SMILES string of the molecule is C=C(C)OC(=O)N[C@H](C(=O)NC(C)COc1ccc(C#N)cc1)C(C)C. The normalized spacial score (nSPS) is 12.5. The molecule has 0 aliphatic heterocycles. The Morgan fingerprint density at radius 1 is 1.19 bits per heavy atom. The van der Waals surface area contributed by atoms with Crippen LogP contribution in [0.15, 0.2) is 36.6 Å². The monoisotopic (exact) mass is 359 g/mol. The van der Waals surface area contributed by atoms with Gasteiger partial charge in [-0.1, -0.05) is 20.4 Å². The molecule has 7 heteroatoms. The molecule has 0 fully saturated rings. The van der Waals surface area contributed by atoms with E-state index in [1.54, 1.807) is 38.1 Å². The summed E-state index contributed by atoms with van der Waals surface area (Å²) in [4.78, 5) is 24.1. The molecule has 1 aromatic rings. The highest BCUT2D eigenvalue weighted by Crippen LogP contribution is 2.12. The molecule has 0 spiro atoms. The molecule has 1 aromatic carbocycles. The van der Waals surface area contributed by atoms with E-state index in [-0.39, 0.29) is 30.2 Å². The van der Waals surface area contributed by atoms with Crippen LogP contribution >= 0.6 is 0 Å². The number of benzene rings is 1. The number of alkyl carbamates (subject to hydrolysis) is 1. The molecule has 0 aliphatic rings. The number of hydrogen-bond donors (Lipinski definition) is 2. The largest absolute Gasteiger partial charge is 0.491 e. The van der Waals surface area contributed by atoms with E-state index in [1.165, 1.54) is 0 Å². The third kappa shape index (κ3) is 7.26. The van der Waals surface area contributed by atoms with Gasteiger partial charge in [-0.3, -0.25) is 4.79 Å². The van der Waals surface area contributed by atoms with Crippen molar-refractivity contribution in [1.82, 2.24) is 10.6 Å². The lowest BCUT2D eigenvalue weighted by Crippen LogP contribution is -2.52. The van der Waals surface area contributed by atoms with Gasteiger partial charge in [-0.15, -0.1) is 0 Å². The van der Waals surface area contributed by atoms with Gasteiger partial charge in [0, 0.05) is 0 Å². The first-order valence-corrected chi connectivity index (χ1v) is 8.30. The fourth-order valence-electron chi connectivity index (χ4n) is 2.07. The number of rotatable bonds is 8. The molecule has 2 atom stereocenters. The van der Waals surface area contributed by atoms with Crippen molar-refractivity contribution in [3.8, 4) is 11.8 Å². The minimum absolute atomic E-state index is 0.126. The van der Waals surface area contributed by atoms with Crippen molar-refractivity contribution >= 4 is 12.0 Å². The summed E-state index contributed by atoms with van der Waals surface area (Å²) in [5.41, 5.74) is 0.547. The van der Waals surface area contributed by atoms with Gasteiger partial charge in [-0.2, -0.15) is 5.26 Å². The molecule has 0 bridgehead atoms. The fraction of sp³-hybridized carbons (Fsp3) is 0.421. The number of hydrogen-bond acceptors (Lipinski definition) is 5. The van der Waals surface area contributed by atoms with Crippen LogP contribution in [0, 0.1) is 17.2 Å². The molecule has 0 saturated carbocycles. The molecule has 7 nitrogen and oxygen atoms in total. The van der Waals surface area contributed by atoms with E-state index in [0.29, 0.717) is 11.3 Å². The van der Waals surface area contributed by atoms with E-state index in [1.807, 2.05) is 19.9 Å². The van der Waals surface area contributed by atoms with Crippen LogP contribution in [-0.4, -0.2) is 30.7 Å². The van der Waals surface area contributed by atoms with E-state index >= 15 is 0 Å². The first-order valence-electron chi connectivity index (χ1n) is 8.30. The van der Waals surface area contributed by atoms with Gasteiger partial charge < -0.3 is 20.1 Å². The van der Waals surface area contributed by atoms with Crippen molar-refractivity contribution in [3.63, 3.8) is 0 Å². The molecule has 1 rings (SSSR count). The van der Waals surface area contributed by atoms with E-state index in [9.17, 15) is 9.59 Å². The zero-order chi connectivity index (χ0) is 19.7. The van der Waals surface area contributed by atoms with Crippen LogP contribution in [0.3, 0.4) is 0 Å². The summed E-state index contributed by atoms with van der Waals surface area (Å²) in [5, 5.41) is 14.1. The topological polar surface area (TPSA) is 100 Å². The summed E-state index contributed by atoms with van der Waals surface area (Å²) >= 11 is 0. The van der Waals surface area contributed by atoms with Gasteiger partial charge in [0.2, 0.25) is 5.91 Å². The van der Waals surface area contributed by atoms with Crippen LogP contribution in [0.1, 0.15) is 33.3 Å². The van der Waals surface area contributed by atoms with Crippen LogP contribution in [0.5, 0.6) is 5.75 Å². The summed E-state index contributed by atoms with van der Waals surface area (Å²) in [6, 6.07) is 7.72. The van der Waals surface area contributed by atoms with Crippen LogP contribution in [0.2, 0.25) is 0 Å². The maximum absolute atomic E-state index is 12.4. The molecular formula is C19H25N3O4.